The molecule has 3 heterocycles. The summed E-state index contributed by atoms with van der Waals surface area (Å²) in [4.78, 5) is 31.7. The van der Waals surface area contributed by atoms with Crippen molar-refractivity contribution in [1.82, 2.24) is 28.5 Å². The van der Waals surface area contributed by atoms with Crippen molar-refractivity contribution >= 4 is 19.2 Å². The van der Waals surface area contributed by atoms with Crippen LogP contribution in [-0.4, -0.2) is 43.1 Å². The Morgan fingerprint density at radius 3 is 2.32 bits per heavy atom. The van der Waals surface area contributed by atoms with E-state index in [1.807, 2.05) is 47.5 Å². The van der Waals surface area contributed by atoms with E-state index in [0.29, 0.717) is 49.7 Å². The molecule has 0 bridgehead atoms. The molecule has 9 nitrogen and oxygen atoms in total. The van der Waals surface area contributed by atoms with Crippen LogP contribution in [0.2, 0.25) is 25.7 Å². The lowest BCUT2D eigenvalue weighted by Crippen LogP contribution is -2.40. The van der Waals surface area contributed by atoms with Gasteiger partial charge >= 0.3 is 5.69 Å². The normalized spacial score (nSPS) is 12.0. The molecule has 4 aromatic rings. The number of benzene rings is 1. The quantitative estimate of drug-likeness (QED) is 0.203. The molecule has 0 saturated carbocycles. The van der Waals surface area contributed by atoms with E-state index in [2.05, 4.69) is 36.9 Å². The van der Waals surface area contributed by atoms with Crippen LogP contribution < -0.4 is 11.2 Å². The van der Waals surface area contributed by atoms with Gasteiger partial charge in [0.25, 0.3) is 5.56 Å². The standard InChI is InChI=1S/C27H38N6O3Si/c1-6-13-31-25-23(26(34)32(14-7-2)27(31)35)33(20-36-15-16-37(3,4)5)24(29-25)22-17-28-30(19-22)18-21-11-9-8-10-12-21/h8-12,17,19H,6-7,13-16,18,20H2,1-5H3. The molecule has 0 radical (unpaired) electrons. The minimum atomic E-state index is -1.28. The van der Waals surface area contributed by atoms with Gasteiger partial charge in [-0.3, -0.25) is 23.2 Å². The van der Waals surface area contributed by atoms with Crippen molar-refractivity contribution in [2.45, 2.75) is 78.7 Å². The monoisotopic (exact) mass is 522 g/mol. The van der Waals surface area contributed by atoms with Gasteiger partial charge in [0.1, 0.15) is 12.6 Å². The van der Waals surface area contributed by atoms with Crippen LogP contribution in [0.4, 0.5) is 0 Å². The summed E-state index contributed by atoms with van der Waals surface area (Å²) < 4.78 is 12.7. The Hall–Kier alpha value is -3.24. The molecule has 0 aliphatic heterocycles. The van der Waals surface area contributed by atoms with E-state index in [-0.39, 0.29) is 18.0 Å². The van der Waals surface area contributed by atoms with Gasteiger partial charge in [-0.25, -0.2) is 9.78 Å². The first-order valence-electron chi connectivity index (χ1n) is 13.1. The SMILES string of the molecule is CCCn1c(=O)c2c(nc(-c3cnn(Cc4ccccc4)c3)n2COCC[Si](C)(C)C)n(CCC)c1=O. The molecule has 0 amide bonds. The van der Waals surface area contributed by atoms with E-state index in [0.717, 1.165) is 23.6 Å². The van der Waals surface area contributed by atoms with Crippen LogP contribution in [0.3, 0.4) is 0 Å². The highest BCUT2D eigenvalue weighted by atomic mass is 28.3. The third kappa shape index (κ3) is 6.02. The molecule has 3 aromatic heterocycles. The molecule has 0 N–H and O–H groups in total. The maximum Gasteiger partial charge on any atom is 0.332 e. The summed E-state index contributed by atoms with van der Waals surface area (Å²) in [6.45, 7) is 13.2. The Labute approximate surface area is 218 Å². The van der Waals surface area contributed by atoms with Crippen LogP contribution in [0.15, 0.2) is 52.3 Å². The highest BCUT2D eigenvalue weighted by Crippen LogP contribution is 2.23. The average molecular weight is 523 g/mol. The molecule has 0 unspecified atom stereocenters. The topological polar surface area (TPSA) is 88.9 Å². The maximum absolute atomic E-state index is 13.6. The number of fused-ring (bicyclic) bond motifs is 1. The Bertz CT molecular complexity index is 1460. The van der Waals surface area contributed by atoms with E-state index in [1.54, 1.807) is 10.8 Å². The number of imidazole rings is 1. The zero-order valence-electron chi connectivity index (χ0n) is 22.6. The first-order chi connectivity index (χ1) is 17.7. The smallest absolute Gasteiger partial charge is 0.332 e. The van der Waals surface area contributed by atoms with E-state index in [9.17, 15) is 9.59 Å². The molecule has 0 aliphatic carbocycles. The van der Waals surface area contributed by atoms with Crippen molar-refractivity contribution in [3.8, 4) is 11.4 Å². The summed E-state index contributed by atoms with van der Waals surface area (Å²) in [5.74, 6) is 0.581. The van der Waals surface area contributed by atoms with Crippen molar-refractivity contribution in [3.63, 3.8) is 0 Å². The summed E-state index contributed by atoms with van der Waals surface area (Å²) in [5.41, 5.74) is 2.09. The molecule has 0 saturated heterocycles. The van der Waals surface area contributed by atoms with Gasteiger partial charge in [0.2, 0.25) is 0 Å². The first kappa shape index (κ1) is 26.8. The van der Waals surface area contributed by atoms with Crippen LogP contribution in [0.25, 0.3) is 22.6 Å². The van der Waals surface area contributed by atoms with Crippen LogP contribution in [-0.2, 0) is 31.1 Å². The molecule has 0 aliphatic rings. The number of aromatic nitrogens is 6. The maximum atomic E-state index is 13.6. The molecule has 0 fully saturated rings. The van der Waals surface area contributed by atoms with Crippen molar-refractivity contribution in [2.75, 3.05) is 6.61 Å². The van der Waals surface area contributed by atoms with Crippen LogP contribution in [0.1, 0.15) is 32.3 Å². The van der Waals surface area contributed by atoms with Gasteiger partial charge in [-0.2, -0.15) is 5.10 Å². The number of nitrogens with zero attached hydrogens (tertiary/aromatic N) is 6. The largest absolute Gasteiger partial charge is 0.361 e. The van der Waals surface area contributed by atoms with Gasteiger partial charge in [0.15, 0.2) is 11.2 Å². The van der Waals surface area contributed by atoms with E-state index >= 15 is 0 Å². The second kappa shape index (κ2) is 11.4. The fourth-order valence-corrected chi connectivity index (χ4v) is 5.11. The minimum Gasteiger partial charge on any atom is -0.361 e. The third-order valence-corrected chi connectivity index (χ3v) is 8.01. The first-order valence-corrected chi connectivity index (χ1v) is 16.8. The molecule has 10 heteroatoms. The molecule has 4 rings (SSSR count). The Morgan fingerprint density at radius 2 is 1.65 bits per heavy atom. The van der Waals surface area contributed by atoms with Crippen molar-refractivity contribution in [1.29, 1.82) is 0 Å². The Balaban J connectivity index is 1.83. The van der Waals surface area contributed by atoms with Crippen molar-refractivity contribution < 1.29 is 4.74 Å². The summed E-state index contributed by atoms with van der Waals surface area (Å²) in [6, 6.07) is 11.1. The van der Waals surface area contributed by atoms with Gasteiger partial charge < -0.3 is 4.74 Å². The van der Waals surface area contributed by atoms with Crippen LogP contribution in [0.5, 0.6) is 0 Å². The third-order valence-electron chi connectivity index (χ3n) is 6.30. The minimum absolute atomic E-state index is 0.186. The number of hydrogen-bond donors (Lipinski definition) is 0. The van der Waals surface area contributed by atoms with Gasteiger partial charge in [0, 0.05) is 34.0 Å². The highest BCUT2D eigenvalue weighted by molar-refractivity contribution is 6.76. The summed E-state index contributed by atoms with van der Waals surface area (Å²) in [5, 5.41) is 4.55. The van der Waals surface area contributed by atoms with E-state index < -0.39 is 8.07 Å². The Morgan fingerprint density at radius 1 is 0.946 bits per heavy atom. The molecular formula is C27H38N6O3Si. The van der Waals surface area contributed by atoms with Crippen molar-refractivity contribution in [3.05, 3.63) is 69.1 Å². The average Bonchev–Trinajstić information content (AvgIpc) is 3.47. The molecule has 1 aromatic carbocycles. The number of aryl methyl sites for hydroxylation is 1. The zero-order chi connectivity index (χ0) is 26.6. The fraction of sp³-hybridized carbons (Fsp3) is 0.481. The van der Waals surface area contributed by atoms with E-state index in [4.69, 9.17) is 9.72 Å². The molecule has 198 valence electrons. The molecule has 0 spiro atoms. The fourth-order valence-electron chi connectivity index (χ4n) is 4.35. The second-order valence-corrected chi connectivity index (χ2v) is 16.3. The lowest BCUT2D eigenvalue weighted by atomic mass is 10.2. The predicted octanol–water partition coefficient (Wildman–Crippen LogP) is 4.40. The van der Waals surface area contributed by atoms with Crippen molar-refractivity contribution in [2.24, 2.45) is 0 Å². The molecular weight excluding hydrogens is 484 g/mol. The highest BCUT2D eigenvalue weighted by Gasteiger charge is 2.23. The van der Waals surface area contributed by atoms with Gasteiger partial charge in [-0.05, 0) is 24.4 Å². The van der Waals surface area contributed by atoms with Crippen LogP contribution >= 0.6 is 0 Å². The van der Waals surface area contributed by atoms with Gasteiger partial charge in [0.05, 0.1) is 18.3 Å². The van der Waals surface area contributed by atoms with Crippen LogP contribution in [0, 0.1) is 0 Å². The summed E-state index contributed by atoms with van der Waals surface area (Å²) in [7, 11) is -1.28. The summed E-state index contributed by atoms with van der Waals surface area (Å²) >= 11 is 0. The second-order valence-electron chi connectivity index (χ2n) is 10.7. The number of hydrogen-bond acceptors (Lipinski definition) is 5. The summed E-state index contributed by atoms with van der Waals surface area (Å²) in [6.07, 6.45) is 5.13. The number of ether oxygens (including phenoxy) is 1. The van der Waals surface area contributed by atoms with E-state index in [1.165, 1.54) is 4.57 Å². The Kier molecular flexibility index (Phi) is 8.28. The lowest BCUT2D eigenvalue weighted by Gasteiger charge is -2.16. The molecule has 0 atom stereocenters. The number of rotatable bonds is 12. The lowest BCUT2D eigenvalue weighted by molar-refractivity contribution is 0.0907. The predicted molar refractivity (Wildman–Crippen MR) is 150 cm³/mol. The van der Waals surface area contributed by atoms with Gasteiger partial charge in [-0.15, -0.1) is 0 Å². The zero-order valence-corrected chi connectivity index (χ0v) is 23.6. The molecule has 37 heavy (non-hydrogen) atoms. The van der Waals surface area contributed by atoms with Gasteiger partial charge in [-0.1, -0.05) is 63.8 Å².